The number of amides is 1. The van der Waals surface area contributed by atoms with Crippen LogP contribution in [-0.2, 0) is 11.2 Å². The number of methoxy groups -OCH3 is 1. The highest BCUT2D eigenvalue weighted by molar-refractivity contribution is 5.75. The molecule has 0 heterocycles. The van der Waals surface area contributed by atoms with Crippen molar-refractivity contribution in [3.05, 3.63) is 59.7 Å². The average molecular weight is 327 g/mol. The molecule has 24 heavy (non-hydrogen) atoms. The number of rotatable bonds is 9. The molecule has 2 aromatic carbocycles. The van der Waals surface area contributed by atoms with Crippen LogP contribution >= 0.6 is 0 Å². The first-order chi connectivity index (χ1) is 11.7. The summed E-state index contributed by atoms with van der Waals surface area (Å²) in [5.41, 5.74) is 2.29. The number of nitrogens with one attached hydrogen (secondary N) is 1. The number of carbonyl (C=O) groups excluding carboxylic acids is 1. The zero-order valence-corrected chi connectivity index (χ0v) is 14.4. The Bertz CT molecular complexity index is 638. The van der Waals surface area contributed by atoms with Crippen molar-refractivity contribution in [3.8, 4) is 11.5 Å². The number of para-hydroxylation sites is 1. The maximum atomic E-state index is 11.8. The van der Waals surface area contributed by atoms with Gasteiger partial charge >= 0.3 is 0 Å². The summed E-state index contributed by atoms with van der Waals surface area (Å²) in [4.78, 5) is 11.8. The second kappa shape index (κ2) is 9.60. The van der Waals surface area contributed by atoms with E-state index in [-0.39, 0.29) is 5.91 Å². The molecule has 0 saturated carbocycles. The van der Waals surface area contributed by atoms with Crippen molar-refractivity contribution >= 4 is 5.91 Å². The Kier molecular flexibility index (Phi) is 7.15. The molecule has 0 aliphatic rings. The topological polar surface area (TPSA) is 47.6 Å². The normalized spacial score (nSPS) is 10.2. The van der Waals surface area contributed by atoms with Crippen molar-refractivity contribution in [2.24, 2.45) is 0 Å². The number of hydrogen-bond donors (Lipinski definition) is 1. The second-order valence-electron chi connectivity index (χ2n) is 5.67. The molecule has 0 atom stereocenters. The third kappa shape index (κ3) is 5.95. The largest absolute Gasteiger partial charge is 0.497 e. The Morgan fingerprint density at radius 1 is 1.08 bits per heavy atom. The van der Waals surface area contributed by atoms with Crippen LogP contribution < -0.4 is 14.8 Å². The van der Waals surface area contributed by atoms with Gasteiger partial charge < -0.3 is 14.8 Å². The van der Waals surface area contributed by atoms with E-state index in [2.05, 4.69) is 5.32 Å². The van der Waals surface area contributed by atoms with Gasteiger partial charge in [-0.3, -0.25) is 4.79 Å². The first kappa shape index (κ1) is 17.9. The van der Waals surface area contributed by atoms with Crippen molar-refractivity contribution in [1.82, 2.24) is 5.32 Å². The van der Waals surface area contributed by atoms with Crippen LogP contribution in [0.15, 0.2) is 48.5 Å². The fraction of sp³-hybridized carbons (Fsp3) is 0.350. The highest BCUT2D eigenvalue weighted by Gasteiger charge is 2.03. The molecule has 0 radical (unpaired) electrons. The molecule has 1 N–H and O–H groups in total. The van der Waals surface area contributed by atoms with Gasteiger partial charge in [0.2, 0.25) is 5.91 Å². The summed E-state index contributed by atoms with van der Waals surface area (Å²) in [5, 5.41) is 2.94. The molecule has 2 aromatic rings. The minimum absolute atomic E-state index is 0.0666. The van der Waals surface area contributed by atoms with E-state index >= 15 is 0 Å². The Morgan fingerprint density at radius 2 is 1.83 bits per heavy atom. The Balaban J connectivity index is 1.58. The Hall–Kier alpha value is -2.49. The first-order valence-electron chi connectivity index (χ1n) is 8.27. The van der Waals surface area contributed by atoms with Gasteiger partial charge in [0.25, 0.3) is 0 Å². The number of ether oxygens (including phenoxy) is 2. The van der Waals surface area contributed by atoms with Gasteiger partial charge in [0.05, 0.1) is 13.7 Å². The number of hydrogen-bond acceptors (Lipinski definition) is 3. The fourth-order valence-electron chi connectivity index (χ4n) is 2.36. The van der Waals surface area contributed by atoms with Gasteiger partial charge in [-0.1, -0.05) is 30.3 Å². The molecular weight excluding hydrogens is 302 g/mol. The van der Waals surface area contributed by atoms with Crippen LogP contribution in [0.5, 0.6) is 11.5 Å². The molecule has 2 rings (SSSR count). The van der Waals surface area contributed by atoms with Crippen LogP contribution in [-0.4, -0.2) is 26.2 Å². The molecule has 0 unspecified atom stereocenters. The van der Waals surface area contributed by atoms with Gasteiger partial charge in [0, 0.05) is 13.0 Å². The predicted molar refractivity (Wildman–Crippen MR) is 95.6 cm³/mol. The van der Waals surface area contributed by atoms with Crippen LogP contribution in [0.2, 0.25) is 0 Å². The highest BCUT2D eigenvalue weighted by Crippen LogP contribution is 2.16. The second-order valence-corrected chi connectivity index (χ2v) is 5.67. The molecule has 4 heteroatoms. The van der Waals surface area contributed by atoms with E-state index in [1.54, 1.807) is 7.11 Å². The van der Waals surface area contributed by atoms with Gasteiger partial charge in [-0.05, 0) is 49.1 Å². The first-order valence-corrected chi connectivity index (χ1v) is 8.27. The van der Waals surface area contributed by atoms with E-state index in [0.717, 1.165) is 23.5 Å². The predicted octanol–water partition coefficient (Wildman–Crippen LogP) is 3.52. The van der Waals surface area contributed by atoms with Gasteiger partial charge in [-0.25, -0.2) is 0 Å². The molecule has 0 fully saturated rings. The lowest BCUT2D eigenvalue weighted by Crippen LogP contribution is -2.25. The smallest absolute Gasteiger partial charge is 0.220 e. The third-order valence-corrected chi connectivity index (χ3v) is 3.79. The SMILES string of the molecule is COc1ccc(CCNC(=O)CCCOc2ccccc2C)cc1. The van der Waals surface area contributed by atoms with Crippen molar-refractivity contribution in [1.29, 1.82) is 0 Å². The Labute approximate surface area is 143 Å². The van der Waals surface area contributed by atoms with Crippen LogP contribution in [0.3, 0.4) is 0 Å². The summed E-state index contributed by atoms with van der Waals surface area (Å²) in [7, 11) is 1.65. The van der Waals surface area contributed by atoms with Crippen molar-refractivity contribution < 1.29 is 14.3 Å². The fourth-order valence-corrected chi connectivity index (χ4v) is 2.36. The summed E-state index contributed by atoms with van der Waals surface area (Å²) in [6, 6.07) is 15.8. The molecule has 128 valence electrons. The van der Waals surface area contributed by atoms with Gasteiger partial charge in [0.1, 0.15) is 11.5 Å². The number of carbonyl (C=O) groups is 1. The molecule has 0 bridgehead atoms. The zero-order chi connectivity index (χ0) is 17.2. The van der Waals surface area contributed by atoms with E-state index < -0.39 is 0 Å². The highest BCUT2D eigenvalue weighted by atomic mass is 16.5. The minimum atomic E-state index is 0.0666. The minimum Gasteiger partial charge on any atom is -0.497 e. The van der Waals surface area contributed by atoms with E-state index in [1.165, 1.54) is 5.56 Å². The third-order valence-electron chi connectivity index (χ3n) is 3.79. The number of benzene rings is 2. The lowest BCUT2D eigenvalue weighted by atomic mass is 10.1. The molecule has 1 amide bonds. The summed E-state index contributed by atoms with van der Waals surface area (Å²) in [6.45, 7) is 3.21. The number of aryl methyl sites for hydroxylation is 1. The molecule has 0 aliphatic carbocycles. The van der Waals surface area contributed by atoms with Crippen molar-refractivity contribution in [2.75, 3.05) is 20.3 Å². The molecule has 0 aliphatic heterocycles. The quantitative estimate of drug-likeness (QED) is 0.717. The van der Waals surface area contributed by atoms with Gasteiger partial charge in [0.15, 0.2) is 0 Å². The van der Waals surface area contributed by atoms with Crippen LogP contribution in [0.4, 0.5) is 0 Å². The van der Waals surface area contributed by atoms with Gasteiger partial charge in [-0.2, -0.15) is 0 Å². The van der Waals surface area contributed by atoms with E-state index in [9.17, 15) is 4.79 Å². The zero-order valence-electron chi connectivity index (χ0n) is 14.4. The lowest BCUT2D eigenvalue weighted by molar-refractivity contribution is -0.121. The monoisotopic (exact) mass is 327 g/mol. The average Bonchev–Trinajstić information content (AvgIpc) is 2.61. The maximum absolute atomic E-state index is 11.8. The van der Waals surface area contributed by atoms with Crippen molar-refractivity contribution in [3.63, 3.8) is 0 Å². The summed E-state index contributed by atoms with van der Waals surface area (Å²) >= 11 is 0. The Morgan fingerprint density at radius 3 is 2.54 bits per heavy atom. The van der Waals surface area contributed by atoms with Gasteiger partial charge in [-0.15, -0.1) is 0 Å². The molecule has 4 nitrogen and oxygen atoms in total. The van der Waals surface area contributed by atoms with E-state index in [4.69, 9.17) is 9.47 Å². The molecule has 0 saturated heterocycles. The molecular formula is C20H25NO3. The van der Waals surface area contributed by atoms with Crippen molar-refractivity contribution in [2.45, 2.75) is 26.2 Å². The van der Waals surface area contributed by atoms with E-state index in [0.29, 0.717) is 26.0 Å². The summed E-state index contributed by atoms with van der Waals surface area (Å²) < 4.78 is 10.8. The molecule has 0 aromatic heterocycles. The van der Waals surface area contributed by atoms with Crippen LogP contribution in [0.25, 0.3) is 0 Å². The van der Waals surface area contributed by atoms with Crippen LogP contribution in [0.1, 0.15) is 24.0 Å². The standard InChI is InChI=1S/C20H25NO3/c1-16-6-3-4-7-19(16)24-15-5-8-20(22)21-14-13-17-9-11-18(23-2)12-10-17/h3-4,6-7,9-12H,5,8,13-15H2,1-2H3,(H,21,22). The van der Waals surface area contributed by atoms with Crippen LogP contribution in [0, 0.1) is 6.92 Å². The maximum Gasteiger partial charge on any atom is 0.220 e. The summed E-state index contributed by atoms with van der Waals surface area (Å²) in [5.74, 6) is 1.80. The molecule has 0 spiro atoms. The van der Waals surface area contributed by atoms with E-state index in [1.807, 2.05) is 55.5 Å². The lowest BCUT2D eigenvalue weighted by Gasteiger charge is -2.09. The summed E-state index contributed by atoms with van der Waals surface area (Å²) in [6.07, 6.45) is 2.01.